The number of nitrogens with zero attached hydrogens (tertiary/aromatic N) is 1. The number of unbranched alkanes of at least 4 members (excludes halogenated alkanes) is 20. The van der Waals surface area contributed by atoms with E-state index in [0.717, 1.165) is 19.4 Å². The fourth-order valence-corrected chi connectivity index (χ4v) is 6.25. The Balaban J connectivity index is 3.99. The molecule has 0 rings (SSSR count). The molecule has 0 atom stereocenters. The molecular formula is C35H68NO6+. The monoisotopic (exact) mass is 599 g/mol. The van der Waals surface area contributed by atoms with Crippen LogP contribution in [0.15, 0.2) is 0 Å². The molecule has 248 valence electrons. The summed E-state index contributed by atoms with van der Waals surface area (Å²) in [5, 5.41) is 27.3. The van der Waals surface area contributed by atoms with E-state index in [1.165, 1.54) is 122 Å². The second kappa shape index (κ2) is 29.4. The van der Waals surface area contributed by atoms with Gasteiger partial charge in [0.1, 0.15) is 0 Å². The van der Waals surface area contributed by atoms with E-state index >= 15 is 0 Å². The number of hydrogen-bond acceptors (Lipinski definition) is 3. The van der Waals surface area contributed by atoms with E-state index in [2.05, 4.69) is 6.92 Å². The van der Waals surface area contributed by atoms with Crippen LogP contribution in [0.4, 0.5) is 0 Å². The molecule has 7 heteroatoms. The molecule has 0 spiro atoms. The Morgan fingerprint density at radius 1 is 0.357 bits per heavy atom. The standard InChI is InChI=1S/C35H67NO6/c1-2-3-4-5-6-7-8-9-10-11-12-13-14-15-16-17-18-19-20-21-22-29-36(30-23-26-33(37)38,31-24-27-34(39)40)32-25-28-35(41)42/h2-32H2,1H3,(H2-,37,38,39,40,41,42)/p+1. The summed E-state index contributed by atoms with van der Waals surface area (Å²) in [4.78, 5) is 33.3. The van der Waals surface area contributed by atoms with Crippen LogP contribution in [0.5, 0.6) is 0 Å². The van der Waals surface area contributed by atoms with E-state index in [-0.39, 0.29) is 19.3 Å². The van der Waals surface area contributed by atoms with Gasteiger partial charge in [-0.25, -0.2) is 0 Å². The molecule has 0 fully saturated rings. The summed E-state index contributed by atoms with van der Waals surface area (Å²) in [5.74, 6) is -2.46. The summed E-state index contributed by atoms with van der Waals surface area (Å²) < 4.78 is 0.646. The Morgan fingerprint density at radius 3 is 0.810 bits per heavy atom. The maximum Gasteiger partial charge on any atom is 0.303 e. The minimum Gasteiger partial charge on any atom is -0.481 e. The van der Waals surface area contributed by atoms with E-state index in [9.17, 15) is 14.4 Å². The average molecular weight is 599 g/mol. The Hall–Kier alpha value is -1.63. The van der Waals surface area contributed by atoms with Crippen molar-refractivity contribution in [1.82, 2.24) is 0 Å². The summed E-state index contributed by atoms with van der Waals surface area (Å²) in [6.07, 6.45) is 30.1. The summed E-state index contributed by atoms with van der Waals surface area (Å²) in [7, 11) is 0. The van der Waals surface area contributed by atoms with Gasteiger partial charge in [0.15, 0.2) is 0 Å². The Labute approximate surface area is 258 Å². The van der Waals surface area contributed by atoms with Gasteiger partial charge in [0, 0.05) is 19.3 Å². The van der Waals surface area contributed by atoms with Gasteiger partial charge in [0.25, 0.3) is 0 Å². The van der Waals surface area contributed by atoms with Crippen molar-refractivity contribution in [2.45, 2.75) is 180 Å². The second-order valence-corrected chi connectivity index (χ2v) is 12.8. The number of hydrogen-bond donors (Lipinski definition) is 3. The number of aliphatic carboxylic acids is 3. The molecule has 42 heavy (non-hydrogen) atoms. The first kappa shape index (κ1) is 40.4. The molecule has 0 amide bonds. The van der Waals surface area contributed by atoms with E-state index in [1.54, 1.807) is 0 Å². The first-order chi connectivity index (χ1) is 20.3. The molecule has 0 bridgehead atoms. The molecule has 3 N–H and O–H groups in total. The fraction of sp³-hybridized carbons (Fsp3) is 0.914. The van der Waals surface area contributed by atoms with Gasteiger partial charge in [0.2, 0.25) is 0 Å². The molecule has 0 aromatic carbocycles. The van der Waals surface area contributed by atoms with E-state index in [1.807, 2.05) is 0 Å². The van der Waals surface area contributed by atoms with Crippen molar-refractivity contribution in [3.8, 4) is 0 Å². The summed E-state index contributed by atoms with van der Waals surface area (Å²) >= 11 is 0. The van der Waals surface area contributed by atoms with Gasteiger partial charge in [-0.1, -0.05) is 129 Å². The lowest BCUT2D eigenvalue weighted by Crippen LogP contribution is -2.51. The zero-order valence-corrected chi connectivity index (χ0v) is 27.4. The lowest BCUT2D eigenvalue weighted by Gasteiger charge is -2.39. The van der Waals surface area contributed by atoms with Crippen molar-refractivity contribution in [2.75, 3.05) is 26.2 Å². The number of quaternary nitrogens is 1. The topological polar surface area (TPSA) is 112 Å². The third-order valence-corrected chi connectivity index (χ3v) is 8.81. The van der Waals surface area contributed by atoms with Crippen LogP contribution < -0.4 is 0 Å². The van der Waals surface area contributed by atoms with Crippen LogP contribution in [0.25, 0.3) is 0 Å². The highest BCUT2D eigenvalue weighted by Crippen LogP contribution is 2.19. The average Bonchev–Trinajstić information content (AvgIpc) is 2.93. The highest BCUT2D eigenvalue weighted by molar-refractivity contribution is 5.67. The third-order valence-electron chi connectivity index (χ3n) is 8.81. The lowest BCUT2D eigenvalue weighted by atomic mass is 10.0. The molecule has 0 heterocycles. The minimum atomic E-state index is -0.821. The first-order valence-electron chi connectivity index (χ1n) is 17.8. The summed E-state index contributed by atoms with van der Waals surface area (Å²) in [5.41, 5.74) is 0. The number of carbonyl (C=O) groups is 3. The van der Waals surface area contributed by atoms with Crippen LogP contribution in [0.2, 0.25) is 0 Å². The zero-order valence-electron chi connectivity index (χ0n) is 27.4. The lowest BCUT2D eigenvalue weighted by molar-refractivity contribution is -0.929. The van der Waals surface area contributed by atoms with Crippen LogP contribution in [0.3, 0.4) is 0 Å². The van der Waals surface area contributed by atoms with Crippen LogP contribution in [-0.2, 0) is 14.4 Å². The van der Waals surface area contributed by atoms with Gasteiger partial charge in [-0.05, 0) is 12.8 Å². The molecule has 0 saturated heterocycles. The van der Waals surface area contributed by atoms with Gasteiger partial charge < -0.3 is 19.8 Å². The maximum absolute atomic E-state index is 11.1. The molecule has 0 aliphatic rings. The number of carboxylic acids is 3. The van der Waals surface area contributed by atoms with Gasteiger partial charge in [-0.2, -0.15) is 0 Å². The Kier molecular flexibility index (Phi) is 28.3. The fourth-order valence-electron chi connectivity index (χ4n) is 6.25. The highest BCUT2D eigenvalue weighted by Gasteiger charge is 2.27. The molecule has 0 aromatic rings. The predicted molar refractivity (Wildman–Crippen MR) is 173 cm³/mol. The number of carboxylic acid groups (broad SMARTS) is 3. The van der Waals surface area contributed by atoms with Crippen molar-refractivity contribution in [2.24, 2.45) is 0 Å². The van der Waals surface area contributed by atoms with Crippen LogP contribution in [0, 0.1) is 0 Å². The smallest absolute Gasteiger partial charge is 0.303 e. The SMILES string of the molecule is CCCCCCCCCCCCCCCCCCCCCCC[N+](CCCC(=O)O)(CCCC(=O)O)CCCC(=O)O. The largest absolute Gasteiger partial charge is 0.481 e. The van der Waals surface area contributed by atoms with Gasteiger partial charge >= 0.3 is 17.9 Å². The normalized spacial score (nSPS) is 11.6. The minimum absolute atomic E-state index is 0.0944. The highest BCUT2D eigenvalue weighted by atomic mass is 16.4. The Morgan fingerprint density at radius 2 is 0.571 bits per heavy atom. The number of rotatable bonds is 34. The van der Waals surface area contributed by atoms with Crippen molar-refractivity contribution in [3.63, 3.8) is 0 Å². The molecule has 0 aliphatic carbocycles. The quantitative estimate of drug-likeness (QED) is 0.0502. The Bertz CT molecular complexity index is 603. The van der Waals surface area contributed by atoms with Crippen molar-refractivity contribution < 1.29 is 34.2 Å². The zero-order chi connectivity index (χ0) is 31.2. The van der Waals surface area contributed by atoms with Crippen molar-refractivity contribution in [3.05, 3.63) is 0 Å². The molecule has 0 aliphatic heterocycles. The summed E-state index contributed by atoms with van der Waals surface area (Å²) in [6.45, 7) is 5.16. The summed E-state index contributed by atoms with van der Waals surface area (Å²) in [6, 6.07) is 0. The van der Waals surface area contributed by atoms with Crippen LogP contribution in [-0.4, -0.2) is 63.9 Å². The third kappa shape index (κ3) is 28.5. The predicted octanol–water partition coefficient (Wildman–Crippen LogP) is 9.61. The molecule has 0 radical (unpaired) electrons. The molecular weight excluding hydrogens is 530 g/mol. The maximum atomic E-state index is 11.1. The second-order valence-electron chi connectivity index (χ2n) is 12.8. The molecule has 0 unspecified atom stereocenters. The van der Waals surface area contributed by atoms with Crippen molar-refractivity contribution in [1.29, 1.82) is 0 Å². The van der Waals surface area contributed by atoms with Gasteiger partial charge in [-0.3, -0.25) is 14.4 Å². The van der Waals surface area contributed by atoms with Gasteiger partial charge in [0.05, 0.1) is 45.4 Å². The van der Waals surface area contributed by atoms with E-state index in [4.69, 9.17) is 15.3 Å². The van der Waals surface area contributed by atoms with Crippen molar-refractivity contribution >= 4 is 17.9 Å². The molecule has 7 nitrogen and oxygen atoms in total. The van der Waals surface area contributed by atoms with Crippen LogP contribution in [0.1, 0.15) is 180 Å². The molecule has 0 aromatic heterocycles. The van der Waals surface area contributed by atoms with Gasteiger partial charge in [-0.15, -0.1) is 0 Å². The first-order valence-corrected chi connectivity index (χ1v) is 17.8. The van der Waals surface area contributed by atoms with E-state index < -0.39 is 17.9 Å². The molecule has 0 saturated carbocycles. The van der Waals surface area contributed by atoms with E-state index in [0.29, 0.717) is 43.4 Å². The van der Waals surface area contributed by atoms with Crippen LogP contribution >= 0.6 is 0 Å².